The molecule has 0 aromatic heterocycles. The molecule has 2 aromatic rings. The maximum absolute atomic E-state index is 9.95. The number of benzene rings is 2. The molecule has 0 bridgehead atoms. The third-order valence-corrected chi connectivity index (χ3v) is 4.09. The van der Waals surface area contributed by atoms with Crippen LogP contribution in [0.1, 0.15) is 56.7 Å². The lowest BCUT2D eigenvalue weighted by Gasteiger charge is -2.22. The van der Waals surface area contributed by atoms with Crippen molar-refractivity contribution < 1.29 is 9.84 Å². The summed E-state index contributed by atoms with van der Waals surface area (Å²) in [6, 6.07) is 12.2. The maximum atomic E-state index is 9.95. The van der Waals surface area contributed by atoms with Crippen LogP contribution in [0.3, 0.4) is 0 Å². The molecule has 2 rings (SSSR count). The van der Waals surface area contributed by atoms with Crippen molar-refractivity contribution in [1.29, 1.82) is 0 Å². The van der Waals surface area contributed by atoms with Crippen molar-refractivity contribution in [2.75, 3.05) is 5.32 Å². The molecule has 0 heterocycles. The summed E-state index contributed by atoms with van der Waals surface area (Å²) in [6.07, 6.45) is 2.06. The highest BCUT2D eigenvalue weighted by atomic mass is 16.5. The highest BCUT2D eigenvalue weighted by molar-refractivity contribution is 5.48. The first-order chi connectivity index (χ1) is 11.4. The van der Waals surface area contributed by atoms with Crippen molar-refractivity contribution >= 4 is 5.69 Å². The van der Waals surface area contributed by atoms with Gasteiger partial charge in [0.05, 0.1) is 0 Å². The summed E-state index contributed by atoms with van der Waals surface area (Å²) in [7, 11) is 0. The van der Waals surface area contributed by atoms with Gasteiger partial charge in [0.15, 0.2) is 6.23 Å². The minimum Gasteiger partial charge on any atom is -0.508 e. The lowest BCUT2D eigenvalue weighted by atomic mass is 10.00. The van der Waals surface area contributed by atoms with Crippen LogP contribution >= 0.6 is 0 Å². The highest BCUT2D eigenvalue weighted by Crippen LogP contribution is 2.33. The molecule has 0 saturated heterocycles. The van der Waals surface area contributed by atoms with E-state index in [1.54, 1.807) is 0 Å². The number of phenols is 1. The average Bonchev–Trinajstić information content (AvgIpc) is 2.51. The van der Waals surface area contributed by atoms with E-state index in [4.69, 9.17) is 4.74 Å². The predicted molar refractivity (Wildman–Crippen MR) is 101 cm³/mol. The van der Waals surface area contributed by atoms with Crippen LogP contribution < -0.4 is 10.1 Å². The minimum atomic E-state index is -0.164. The van der Waals surface area contributed by atoms with E-state index in [1.807, 2.05) is 26.0 Å². The molecule has 0 radical (unpaired) electrons. The van der Waals surface area contributed by atoms with Gasteiger partial charge in [-0.3, -0.25) is 0 Å². The van der Waals surface area contributed by atoms with Gasteiger partial charge in [-0.2, -0.15) is 0 Å². The Hall–Kier alpha value is -2.16. The number of hydrogen-bond donors (Lipinski definition) is 2. The predicted octanol–water partition coefficient (Wildman–Crippen LogP) is 5.61. The second kappa shape index (κ2) is 8.09. The van der Waals surface area contributed by atoms with Crippen LogP contribution in [-0.2, 0) is 6.42 Å². The summed E-state index contributed by atoms with van der Waals surface area (Å²) in [5, 5.41) is 13.4. The Morgan fingerprint density at radius 1 is 1.12 bits per heavy atom. The van der Waals surface area contributed by atoms with Crippen molar-refractivity contribution in [3.63, 3.8) is 0 Å². The molecule has 0 aliphatic heterocycles. The first-order valence-electron chi connectivity index (χ1n) is 8.76. The highest BCUT2D eigenvalue weighted by Gasteiger charge is 2.14. The van der Waals surface area contributed by atoms with Crippen LogP contribution in [0.5, 0.6) is 11.5 Å². The van der Waals surface area contributed by atoms with Gasteiger partial charge in [-0.15, -0.1) is 0 Å². The summed E-state index contributed by atoms with van der Waals surface area (Å²) >= 11 is 0. The Morgan fingerprint density at radius 3 is 2.54 bits per heavy atom. The molecular weight excluding hydrogens is 298 g/mol. The van der Waals surface area contributed by atoms with E-state index >= 15 is 0 Å². The van der Waals surface area contributed by atoms with E-state index in [9.17, 15) is 5.11 Å². The first-order valence-corrected chi connectivity index (χ1v) is 8.76. The largest absolute Gasteiger partial charge is 0.508 e. The summed E-state index contributed by atoms with van der Waals surface area (Å²) in [5.74, 6) is 1.43. The molecule has 2 aromatic carbocycles. The number of anilines is 1. The van der Waals surface area contributed by atoms with E-state index in [1.165, 1.54) is 5.56 Å². The maximum Gasteiger partial charge on any atom is 0.167 e. The zero-order chi connectivity index (χ0) is 17.7. The van der Waals surface area contributed by atoms with E-state index in [0.29, 0.717) is 5.75 Å². The summed E-state index contributed by atoms with van der Waals surface area (Å²) in [4.78, 5) is 0. The molecule has 3 heteroatoms. The van der Waals surface area contributed by atoms with Gasteiger partial charge in [-0.05, 0) is 61.6 Å². The van der Waals surface area contributed by atoms with Gasteiger partial charge in [0.2, 0.25) is 0 Å². The third kappa shape index (κ3) is 4.67. The van der Waals surface area contributed by atoms with Gasteiger partial charge >= 0.3 is 0 Å². The number of aryl methyl sites for hydroxylation is 2. The molecule has 0 fully saturated rings. The standard InChI is InChI=1S/C21H29NO2/c1-6-8-17-9-7-10-18(12-17)22-16(5)24-21-11-15(4)20(23)13-19(21)14(2)3/h7,9-14,16,22-23H,6,8H2,1-5H3. The second-order valence-corrected chi connectivity index (χ2v) is 6.69. The molecule has 130 valence electrons. The number of rotatable bonds is 7. The van der Waals surface area contributed by atoms with Crippen LogP contribution in [0.2, 0.25) is 0 Å². The molecule has 0 aliphatic rings. The molecule has 2 N–H and O–H groups in total. The fourth-order valence-electron chi connectivity index (χ4n) is 2.80. The molecule has 0 amide bonds. The smallest absolute Gasteiger partial charge is 0.167 e. The topological polar surface area (TPSA) is 41.5 Å². The molecule has 0 saturated carbocycles. The Bertz CT molecular complexity index is 680. The Labute approximate surface area is 145 Å². The Morgan fingerprint density at radius 2 is 1.88 bits per heavy atom. The van der Waals surface area contributed by atoms with Crippen LogP contribution in [-0.4, -0.2) is 11.3 Å². The van der Waals surface area contributed by atoms with Gasteiger partial charge in [0.1, 0.15) is 11.5 Å². The van der Waals surface area contributed by atoms with E-state index in [-0.39, 0.29) is 12.1 Å². The lowest BCUT2D eigenvalue weighted by Crippen LogP contribution is -2.23. The molecule has 0 spiro atoms. The van der Waals surface area contributed by atoms with Gasteiger partial charge < -0.3 is 15.2 Å². The molecule has 3 nitrogen and oxygen atoms in total. The molecule has 24 heavy (non-hydrogen) atoms. The lowest BCUT2D eigenvalue weighted by molar-refractivity contribution is 0.246. The zero-order valence-electron chi connectivity index (χ0n) is 15.4. The van der Waals surface area contributed by atoms with E-state index < -0.39 is 0 Å². The van der Waals surface area contributed by atoms with E-state index in [0.717, 1.165) is 35.4 Å². The van der Waals surface area contributed by atoms with Crippen LogP contribution in [0, 0.1) is 6.92 Å². The van der Waals surface area contributed by atoms with Crippen molar-refractivity contribution in [2.24, 2.45) is 0 Å². The summed E-state index contributed by atoms with van der Waals surface area (Å²) in [5.41, 5.74) is 4.24. The van der Waals surface area contributed by atoms with Crippen LogP contribution in [0.25, 0.3) is 0 Å². The van der Waals surface area contributed by atoms with Crippen molar-refractivity contribution in [2.45, 2.75) is 59.6 Å². The molecule has 1 unspecified atom stereocenters. The van der Waals surface area contributed by atoms with Gasteiger partial charge in [0, 0.05) is 11.3 Å². The van der Waals surface area contributed by atoms with Crippen molar-refractivity contribution in [3.8, 4) is 11.5 Å². The zero-order valence-corrected chi connectivity index (χ0v) is 15.4. The number of hydrogen-bond acceptors (Lipinski definition) is 3. The quantitative estimate of drug-likeness (QED) is 0.649. The molecular formula is C21H29NO2. The fraction of sp³-hybridized carbons (Fsp3) is 0.429. The van der Waals surface area contributed by atoms with Crippen LogP contribution in [0.15, 0.2) is 36.4 Å². The van der Waals surface area contributed by atoms with Crippen molar-refractivity contribution in [1.82, 2.24) is 0 Å². The SMILES string of the molecule is CCCc1cccc(NC(C)Oc2cc(C)c(O)cc2C(C)C)c1. The number of aromatic hydroxyl groups is 1. The van der Waals surface area contributed by atoms with Crippen molar-refractivity contribution in [3.05, 3.63) is 53.1 Å². The van der Waals surface area contributed by atoms with Crippen LogP contribution in [0.4, 0.5) is 5.69 Å². The molecule has 0 aliphatic carbocycles. The number of ether oxygens (including phenoxy) is 1. The Kier molecular flexibility index (Phi) is 6.13. The summed E-state index contributed by atoms with van der Waals surface area (Å²) in [6.45, 7) is 10.3. The van der Waals surface area contributed by atoms with Gasteiger partial charge in [-0.1, -0.05) is 39.3 Å². The number of nitrogens with one attached hydrogen (secondary N) is 1. The first kappa shape index (κ1) is 18.2. The summed E-state index contributed by atoms with van der Waals surface area (Å²) < 4.78 is 6.12. The van der Waals surface area contributed by atoms with E-state index in [2.05, 4.69) is 50.4 Å². The second-order valence-electron chi connectivity index (χ2n) is 6.69. The average molecular weight is 327 g/mol. The third-order valence-electron chi connectivity index (χ3n) is 4.09. The Balaban J connectivity index is 2.13. The minimum absolute atomic E-state index is 0.164. The van der Waals surface area contributed by atoms with Gasteiger partial charge in [0.25, 0.3) is 0 Å². The van der Waals surface area contributed by atoms with Gasteiger partial charge in [-0.25, -0.2) is 0 Å². The molecule has 1 atom stereocenters. The number of phenolic OH excluding ortho intramolecular Hbond substituents is 1. The fourth-order valence-corrected chi connectivity index (χ4v) is 2.80. The normalized spacial score (nSPS) is 12.2. The monoisotopic (exact) mass is 327 g/mol.